The van der Waals surface area contributed by atoms with Crippen LogP contribution in [0.2, 0.25) is 0 Å². The first-order chi connectivity index (χ1) is 13.5. The summed E-state index contributed by atoms with van der Waals surface area (Å²) in [6, 6.07) is 17.8. The largest absolute Gasteiger partial charge is 0.492 e. The van der Waals surface area contributed by atoms with Crippen LogP contribution in [0, 0.1) is 0 Å². The van der Waals surface area contributed by atoms with Crippen LogP contribution in [0.4, 0.5) is 5.69 Å². The molecule has 0 fully saturated rings. The van der Waals surface area contributed by atoms with E-state index >= 15 is 0 Å². The van der Waals surface area contributed by atoms with Crippen LogP contribution in [0.5, 0.6) is 5.75 Å². The second kappa shape index (κ2) is 7.41. The molecule has 7 heteroatoms. The van der Waals surface area contributed by atoms with Crippen LogP contribution in [-0.4, -0.2) is 20.0 Å². The molecule has 0 aliphatic carbocycles. The molecule has 0 saturated heterocycles. The predicted molar refractivity (Wildman–Crippen MR) is 115 cm³/mol. The van der Waals surface area contributed by atoms with E-state index in [1.54, 1.807) is 36.5 Å². The Labute approximate surface area is 171 Å². The first-order valence-electron chi connectivity index (χ1n) is 8.72. The van der Waals surface area contributed by atoms with Gasteiger partial charge in [0, 0.05) is 21.4 Å². The van der Waals surface area contributed by atoms with E-state index in [1.807, 2.05) is 37.3 Å². The van der Waals surface area contributed by atoms with Gasteiger partial charge in [-0.3, -0.25) is 9.71 Å². The van der Waals surface area contributed by atoms with Gasteiger partial charge in [0.15, 0.2) is 0 Å². The first kappa shape index (κ1) is 18.7. The first-order valence-corrected chi connectivity index (χ1v) is 11.0. The molecule has 0 atom stereocenters. The monoisotopic (exact) mass is 456 g/mol. The van der Waals surface area contributed by atoms with Gasteiger partial charge in [-0.05, 0) is 48.7 Å². The van der Waals surface area contributed by atoms with E-state index in [4.69, 9.17) is 4.74 Å². The van der Waals surface area contributed by atoms with E-state index in [9.17, 15) is 8.42 Å². The Morgan fingerprint density at radius 1 is 0.964 bits per heavy atom. The van der Waals surface area contributed by atoms with Crippen LogP contribution in [0.15, 0.2) is 76.2 Å². The summed E-state index contributed by atoms with van der Waals surface area (Å²) < 4.78 is 35.7. The van der Waals surface area contributed by atoms with Gasteiger partial charge in [0.05, 0.1) is 17.2 Å². The lowest BCUT2D eigenvalue weighted by molar-refractivity contribution is 0.343. The number of sulfonamides is 1. The number of hydrogen-bond acceptors (Lipinski definition) is 4. The van der Waals surface area contributed by atoms with Crippen molar-refractivity contribution in [2.24, 2.45) is 0 Å². The minimum absolute atomic E-state index is 0.158. The molecule has 0 saturated carbocycles. The fraction of sp³-hybridized carbons (Fsp3) is 0.0952. The molecule has 0 unspecified atom stereocenters. The Bertz CT molecular complexity index is 1290. The van der Waals surface area contributed by atoms with Crippen molar-refractivity contribution in [2.45, 2.75) is 11.8 Å². The maximum atomic E-state index is 13.2. The molecule has 3 aromatic carbocycles. The average Bonchev–Trinajstić information content (AvgIpc) is 2.70. The van der Waals surface area contributed by atoms with Gasteiger partial charge in [-0.25, -0.2) is 8.42 Å². The number of halogens is 1. The molecule has 28 heavy (non-hydrogen) atoms. The van der Waals surface area contributed by atoms with Crippen molar-refractivity contribution in [3.05, 3.63) is 71.3 Å². The topological polar surface area (TPSA) is 68.3 Å². The highest BCUT2D eigenvalue weighted by Gasteiger charge is 2.21. The van der Waals surface area contributed by atoms with Gasteiger partial charge in [0.1, 0.15) is 11.3 Å². The van der Waals surface area contributed by atoms with Crippen molar-refractivity contribution in [2.75, 3.05) is 11.3 Å². The summed E-state index contributed by atoms with van der Waals surface area (Å²) in [7, 11) is -3.84. The summed E-state index contributed by atoms with van der Waals surface area (Å²) >= 11 is 3.51. The van der Waals surface area contributed by atoms with Crippen molar-refractivity contribution in [3.8, 4) is 5.75 Å². The number of pyridine rings is 1. The van der Waals surface area contributed by atoms with Crippen LogP contribution in [-0.2, 0) is 10.0 Å². The van der Waals surface area contributed by atoms with Gasteiger partial charge in [-0.1, -0.05) is 40.2 Å². The van der Waals surface area contributed by atoms with Crippen LogP contribution < -0.4 is 9.46 Å². The molecule has 4 aromatic rings. The zero-order chi connectivity index (χ0) is 19.7. The fourth-order valence-electron chi connectivity index (χ4n) is 3.18. The summed E-state index contributed by atoms with van der Waals surface area (Å²) in [6.07, 6.45) is 1.62. The molecule has 1 heterocycles. The molecule has 0 bridgehead atoms. The quantitative estimate of drug-likeness (QED) is 0.439. The molecular formula is C21H17BrN2O3S. The highest BCUT2D eigenvalue weighted by atomic mass is 79.9. The summed E-state index contributed by atoms with van der Waals surface area (Å²) in [5.41, 5.74) is 1.04. The predicted octanol–water partition coefficient (Wildman–Crippen LogP) is 5.35. The fourth-order valence-corrected chi connectivity index (χ4v) is 4.93. The SMILES string of the molecule is CCOc1ccc(S(=O)(=O)Nc2ccc(Br)c3ccccc23)c2cccnc12. The number of fused-ring (bicyclic) bond motifs is 2. The van der Waals surface area contributed by atoms with Crippen molar-refractivity contribution < 1.29 is 13.2 Å². The van der Waals surface area contributed by atoms with E-state index in [0.29, 0.717) is 28.9 Å². The molecule has 142 valence electrons. The lowest BCUT2D eigenvalue weighted by atomic mass is 10.1. The minimum atomic E-state index is -3.84. The number of benzene rings is 3. The van der Waals surface area contributed by atoms with Crippen molar-refractivity contribution in [3.63, 3.8) is 0 Å². The lowest BCUT2D eigenvalue weighted by Crippen LogP contribution is -2.14. The zero-order valence-electron chi connectivity index (χ0n) is 15.0. The van der Waals surface area contributed by atoms with E-state index in [-0.39, 0.29) is 4.90 Å². The average molecular weight is 457 g/mol. The summed E-state index contributed by atoms with van der Waals surface area (Å²) in [5, 5.41) is 2.26. The molecule has 1 N–H and O–H groups in total. The number of nitrogens with one attached hydrogen (secondary N) is 1. The standard InChI is InChI=1S/C21H17BrN2O3S/c1-2-27-19-11-12-20(16-8-5-13-23-21(16)19)28(25,26)24-18-10-9-17(22)14-6-3-4-7-15(14)18/h3-13,24H,2H2,1H3. The number of rotatable bonds is 5. The third-order valence-corrected chi connectivity index (χ3v) is 6.51. The molecule has 4 rings (SSSR count). The normalized spacial score (nSPS) is 11.6. The maximum absolute atomic E-state index is 13.2. The Kier molecular flexibility index (Phi) is 4.95. The molecular weight excluding hydrogens is 440 g/mol. The van der Waals surface area contributed by atoms with Gasteiger partial charge in [-0.15, -0.1) is 0 Å². The van der Waals surface area contributed by atoms with Crippen LogP contribution >= 0.6 is 15.9 Å². The zero-order valence-corrected chi connectivity index (χ0v) is 17.4. The number of ether oxygens (including phenoxy) is 1. The van der Waals surface area contributed by atoms with E-state index in [2.05, 4.69) is 25.6 Å². The Balaban J connectivity index is 1.85. The van der Waals surface area contributed by atoms with Gasteiger partial charge in [0.25, 0.3) is 10.0 Å². The third kappa shape index (κ3) is 3.31. The minimum Gasteiger partial charge on any atom is -0.492 e. The molecule has 5 nitrogen and oxygen atoms in total. The molecule has 0 aliphatic rings. The Hall–Kier alpha value is -2.64. The second-order valence-corrected chi connectivity index (χ2v) is 8.65. The van der Waals surface area contributed by atoms with Gasteiger partial charge in [0.2, 0.25) is 0 Å². The van der Waals surface area contributed by atoms with Crippen molar-refractivity contribution in [1.29, 1.82) is 0 Å². The molecule has 0 spiro atoms. The van der Waals surface area contributed by atoms with Crippen LogP contribution in [0.3, 0.4) is 0 Å². The summed E-state index contributed by atoms with van der Waals surface area (Å²) in [5.74, 6) is 0.561. The second-order valence-electron chi connectivity index (χ2n) is 6.14. The highest BCUT2D eigenvalue weighted by Crippen LogP contribution is 2.34. The summed E-state index contributed by atoms with van der Waals surface area (Å²) in [4.78, 5) is 4.48. The smallest absolute Gasteiger partial charge is 0.262 e. The Morgan fingerprint density at radius 3 is 2.50 bits per heavy atom. The summed E-state index contributed by atoms with van der Waals surface area (Å²) in [6.45, 7) is 2.35. The Morgan fingerprint density at radius 2 is 1.71 bits per heavy atom. The van der Waals surface area contributed by atoms with E-state index < -0.39 is 10.0 Å². The molecule has 0 amide bonds. The van der Waals surface area contributed by atoms with Gasteiger partial charge >= 0.3 is 0 Å². The third-order valence-electron chi connectivity index (χ3n) is 4.40. The molecule has 0 radical (unpaired) electrons. The van der Waals surface area contributed by atoms with Crippen LogP contribution in [0.25, 0.3) is 21.7 Å². The van der Waals surface area contributed by atoms with Crippen molar-refractivity contribution in [1.82, 2.24) is 4.98 Å². The number of nitrogens with zero attached hydrogens (tertiary/aromatic N) is 1. The number of hydrogen-bond donors (Lipinski definition) is 1. The lowest BCUT2D eigenvalue weighted by Gasteiger charge is -2.14. The molecule has 0 aliphatic heterocycles. The maximum Gasteiger partial charge on any atom is 0.262 e. The van der Waals surface area contributed by atoms with Gasteiger partial charge in [-0.2, -0.15) is 0 Å². The highest BCUT2D eigenvalue weighted by molar-refractivity contribution is 9.10. The van der Waals surface area contributed by atoms with Gasteiger partial charge < -0.3 is 4.74 Å². The van der Waals surface area contributed by atoms with E-state index in [1.165, 1.54) is 0 Å². The number of anilines is 1. The molecule has 1 aromatic heterocycles. The van der Waals surface area contributed by atoms with Crippen molar-refractivity contribution >= 4 is 53.3 Å². The van der Waals surface area contributed by atoms with E-state index in [0.717, 1.165) is 15.2 Å². The van der Waals surface area contributed by atoms with Crippen LogP contribution in [0.1, 0.15) is 6.92 Å². The number of aromatic nitrogens is 1.